The van der Waals surface area contributed by atoms with E-state index >= 15 is 0 Å². The summed E-state index contributed by atoms with van der Waals surface area (Å²) in [7, 11) is -2.13. The van der Waals surface area contributed by atoms with Crippen molar-refractivity contribution in [3.63, 3.8) is 0 Å². The van der Waals surface area contributed by atoms with E-state index in [9.17, 15) is 17.6 Å². The normalized spacial score (nSPS) is 16.0. The van der Waals surface area contributed by atoms with Crippen molar-refractivity contribution < 1.29 is 22.3 Å². The lowest BCUT2D eigenvalue weighted by molar-refractivity contribution is -0.120. The molecule has 150 valence electrons. The molecule has 2 aromatic carbocycles. The van der Waals surface area contributed by atoms with Gasteiger partial charge in [-0.1, -0.05) is 11.6 Å². The standard InChI is InChI=1S/C19H20ClFN2O4S/c1-27-15-3-5-16(6-4-15)28(25,26)23-10-8-13(9-11-23)19(24)22-18-7-2-14(20)12-17(18)21/h2-7,12-13H,8-11H2,1H3,(H,22,24). The number of hydrogen-bond acceptors (Lipinski definition) is 4. The average molecular weight is 427 g/mol. The molecule has 0 radical (unpaired) electrons. The molecule has 6 nitrogen and oxygen atoms in total. The Hall–Kier alpha value is -2.16. The number of nitrogens with zero attached hydrogens (tertiary/aromatic N) is 1. The highest BCUT2D eigenvalue weighted by molar-refractivity contribution is 7.89. The van der Waals surface area contributed by atoms with Gasteiger partial charge in [0.2, 0.25) is 15.9 Å². The molecule has 0 spiro atoms. The van der Waals surface area contributed by atoms with Gasteiger partial charge in [-0.25, -0.2) is 12.8 Å². The molecule has 0 bridgehead atoms. The van der Waals surface area contributed by atoms with Gasteiger partial charge in [0.1, 0.15) is 11.6 Å². The van der Waals surface area contributed by atoms with Gasteiger partial charge in [-0.05, 0) is 55.3 Å². The monoisotopic (exact) mass is 426 g/mol. The minimum absolute atomic E-state index is 0.0580. The number of anilines is 1. The SMILES string of the molecule is COc1ccc(S(=O)(=O)N2CCC(C(=O)Nc3ccc(Cl)cc3F)CC2)cc1. The van der Waals surface area contributed by atoms with Crippen molar-refractivity contribution in [2.75, 3.05) is 25.5 Å². The van der Waals surface area contributed by atoms with Crippen molar-refractivity contribution in [1.29, 1.82) is 0 Å². The Morgan fingerprint density at radius 2 is 1.82 bits per heavy atom. The largest absolute Gasteiger partial charge is 0.497 e. The van der Waals surface area contributed by atoms with E-state index in [1.54, 1.807) is 12.1 Å². The van der Waals surface area contributed by atoms with Gasteiger partial charge in [-0.2, -0.15) is 4.31 Å². The number of methoxy groups -OCH3 is 1. The third kappa shape index (κ3) is 4.45. The van der Waals surface area contributed by atoms with Crippen LogP contribution < -0.4 is 10.1 Å². The summed E-state index contributed by atoms with van der Waals surface area (Å²) in [4.78, 5) is 12.6. The topological polar surface area (TPSA) is 75.7 Å². The fourth-order valence-corrected chi connectivity index (χ4v) is 4.71. The molecule has 28 heavy (non-hydrogen) atoms. The number of nitrogens with one attached hydrogen (secondary N) is 1. The zero-order valence-corrected chi connectivity index (χ0v) is 16.8. The first-order valence-corrected chi connectivity index (χ1v) is 10.5. The lowest BCUT2D eigenvalue weighted by atomic mass is 9.97. The van der Waals surface area contributed by atoms with Crippen LogP contribution in [0.2, 0.25) is 5.02 Å². The summed E-state index contributed by atoms with van der Waals surface area (Å²) in [6, 6.07) is 10.2. The molecule has 0 atom stereocenters. The molecule has 0 aliphatic carbocycles. The zero-order chi connectivity index (χ0) is 20.3. The maximum absolute atomic E-state index is 13.8. The fraction of sp³-hybridized carbons (Fsp3) is 0.316. The van der Waals surface area contributed by atoms with Gasteiger partial charge in [0.05, 0.1) is 17.7 Å². The molecule has 1 aliphatic heterocycles. The van der Waals surface area contributed by atoms with Gasteiger partial charge in [0.15, 0.2) is 0 Å². The molecule has 2 aromatic rings. The lowest BCUT2D eigenvalue weighted by Gasteiger charge is -2.30. The highest BCUT2D eigenvalue weighted by atomic mass is 35.5. The minimum Gasteiger partial charge on any atom is -0.497 e. The van der Waals surface area contributed by atoms with Crippen molar-refractivity contribution in [3.8, 4) is 5.75 Å². The summed E-state index contributed by atoms with van der Waals surface area (Å²) in [5.41, 5.74) is 0.0580. The van der Waals surface area contributed by atoms with Crippen molar-refractivity contribution in [3.05, 3.63) is 53.3 Å². The van der Waals surface area contributed by atoms with Crippen LogP contribution in [0.3, 0.4) is 0 Å². The Kier molecular flexibility index (Phi) is 6.22. The van der Waals surface area contributed by atoms with E-state index in [4.69, 9.17) is 16.3 Å². The molecule has 1 amide bonds. The fourth-order valence-electron chi connectivity index (χ4n) is 3.08. The summed E-state index contributed by atoms with van der Waals surface area (Å²) in [6.45, 7) is 0.436. The van der Waals surface area contributed by atoms with Gasteiger partial charge in [-0.15, -0.1) is 0 Å². The summed E-state index contributed by atoms with van der Waals surface area (Å²) in [5, 5.41) is 2.79. The van der Waals surface area contributed by atoms with Gasteiger partial charge < -0.3 is 10.1 Å². The number of rotatable bonds is 5. The first-order valence-electron chi connectivity index (χ1n) is 8.71. The molecule has 0 aromatic heterocycles. The number of ether oxygens (including phenoxy) is 1. The molecule has 9 heteroatoms. The van der Waals surface area contributed by atoms with Crippen LogP contribution in [0.1, 0.15) is 12.8 Å². The summed E-state index contributed by atoms with van der Waals surface area (Å²) >= 11 is 5.71. The quantitative estimate of drug-likeness (QED) is 0.793. The maximum Gasteiger partial charge on any atom is 0.243 e. The van der Waals surface area contributed by atoms with E-state index in [1.165, 1.54) is 35.7 Å². The molecular formula is C19H20ClFN2O4S. The highest BCUT2D eigenvalue weighted by Gasteiger charge is 2.32. The van der Waals surface area contributed by atoms with Crippen LogP contribution >= 0.6 is 11.6 Å². The number of halogens is 2. The van der Waals surface area contributed by atoms with Crippen molar-refractivity contribution >= 4 is 33.2 Å². The third-order valence-electron chi connectivity index (χ3n) is 4.71. The van der Waals surface area contributed by atoms with E-state index in [0.29, 0.717) is 18.6 Å². The number of amides is 1. The van der Waals surface area contributed by atoms with Crippen LogP contribution in [-0.4, -0.2) is 38.8 Å². The zero-order valence-electron chi connectivity index (χ0n) is 15.2. The number of sulfonamides is 1. The van der Waals surface area contributed by atoms with Crippen LogP contribution in [0, 0.1) is 11.7 Å². The van der Waals surface area contributed by atoms with E-state index in [0.717, 1.165) is 6.07 Å². The summed E-state index contributed by atoms with van der Waals surface area (Å²) in [6.07, 6.45) is 0.715. The number of benzene rings is 2. The highest BCUT2D eigenvalue weighted by Crippen LogP contribution is 2.27. The summed E-state index contributed by atoms with van der Waals surface area (Å²) < 4.78 is 45.8. The van der Waals surface area contributed by atoms with Crippen LogP contribution in [0.25, 0.3) is 0 Å². The molecule has 0 saturated carbocycles. The van der Waals surface area contributed by atoms with Gasteiger partial charge in [0, 0.05) is 24.0 Å². The number of carbonyl (C=O) groups is 1. The molecular weight excluding hydrogens is 407 g/mol. The maximum atomic E-state index is 13.8. The predicted molar refractivity (Wildman–Crippen MR) is 105 cm³/mol. The smallest absolute Gasteiger partial charge is 0.243 e. The molecule has 1 heterocycles. The molecule has 1 N–H and O–H groups in total. The lowest BCUT2D eigenvalue weighted by Crippen LogP contribution is -2.41. The number of piperidine rings is 1. The average Bonchev–Trinajstić information content (AvgIpc) is 2.70. The van der Waals surface area contributed by atoms with Crippen molar-refractivity contribution in [2.45, 2.75) is 17.7 Å². The van der Waals surface area contributed by atoms with Gasteiger partial charge in [-0.3, -0.25) is 4.79 Å². The van der Waals surface area contributed by atoms with Crippen LogP contribution in [-0.2, 0) is 14.8 Å². The summed E-state index contributed by atoms with van der Waals surface area (Å²) in [5.74, 6) is -0.760. The van der Waals surface area contributed by atoms with E-state index in [2.05, 4.69) is 5.32 Å². The van der Waals surface area contributed by atoms with Crippen LogP contribution in [0.4, 0.5) is 10.1 Å². The van der Waals surface area contributed by atoms with Crippen molar-refractivity contribution in [1.82, 2.24) is 4.31 Å². The van der Waals surface area contributed by atoms with Crippen LogP contribution in [0.5, 0.6) is 5.75 Å². The minimum atomic E-state index is -3.64. The first kappa shape index (κ1) is 20.6. The van der Waals surface area contributed by atoms with Gasteiger partial charge in [0.25, 0.3) is 0 Å². The van der Waals surface area contributed by atoms with E-state index in [-0.39, 0.29) is 34.6 Å². The number of hydrogen-bond donors (Lipinski definition) is 1. The number of carbonyl (C=O) groups excluding carboxylic acids is 1. The molecule has 1 fully saturated rings. The third-order valence-corrected chi connectivity index (χ3v) is 6.86. The Balaban J connectivity index is 1.62. The predicted octanol–water partition coefficient (Wildman–Crippen LogP) is 3.53. The first-order chi connectivity index (χ1) is 13.3. The molecule has 1 saturated heterocycles. The molecule has 0 unspecified atom stereocenters. The second-order valence-corrected chi connectivity index (χ2v) is 8.84. The van der Waals surface area contributed by atoms with Crippen molar-refractivity contribution in [2.24, 2.45) is 5.92 Å². The van der Waals surface area contributed by atoms with Crippen LogP contribution in [0.15, 0.2) is 47.4 Å². The van der Waals surface area contributed by atoms with E-state index in [1.807, 2.05) is 0 Å². The van der Waals surface area contributed by atoms with Gasteiger partial charge >= 0.3 is 0 Å². The Labute approximate surface area is 168 Å². The Morgan fingerprint density at radius 3 is 2.39 bits per heavy atom. The second kappa shape index (κ2) is 8.46. The Bertz CT molecular complexity index is 958. The second-order valence-electron chi connectivity index (χ2n) is 6.47. The Morgan fingerprint density at radius 1 is 1.18 bits per heavy atom. The molecule has 3 rings (SSSR count). The molecule has 1 aliphatic rings. The van der Waals surface area contributed by atoms with E-state index < -0.39 is 21.8 Å².